The van der Waals surface area contributed by atoms with Crippen LogP contribution in [0.3, 0.4) is 0 Å². The Kier molecular flexibility index (Phi) is 5.24. The molecule has 3 aromatic rings. The van der Waals surface area contributed by atoms with E-state index in [-0.39, 0.29) is 12.6 Å². The van der Waals surface area contributed by atoms with Crippen molar-refractivity contribution in [1.29, 1.82) is 0 Å². The van der Waals surface area contributed by atoms with E-state index in [0.29, 0.717) is 0 Å². The van der Waals surface area contributed by atoms with Gasteiger partial charge in [-0.05, 0) is 40.1 Å². The van der Waals surface area contributed by atoms with Crippen molar-refractivity contribution in [3.63, 3.8) is 0 Å². The van der Waals surface area contributed by atoms with Crippen molar-refractivity contribution in [2.45, 2.75) is 6.04 Å². The van der Waals surface area contributed by atoms with Crippen molar-refractivity contribution in [1.82, 2.24) is 14.5 Å². The Balaban J connectivity index is 1.71. The van der Waals surface area contributed by atoms with Crippen molar-refractivity contribution in [3.05, 3.63) is 82.2 Å². The van der Waals surface area contributed by atoms with Crippen molar-refractivity contribution in [2.75, 3.05) is 6.54 Å². The summed E-state index contributed by atoms with van der Waals surface area (Å²) >= 11 is 1.57. The first kappa shape index (κ1) is 16.6. The first-order valence-corrected chi connectivity index (χ1v) is 9.87. The summed E-state index contributed by atoms with van der Waals surface area (Å²) in [6.07, 6.45) is 5.09. The SMILES string of the molecule is O=S(=O)(/C=C/c1ccccc1)NC[C@@H](c1ccsc1)n1cccn1. The molecule has 5 nitrogen and oxygen atoms in total. The van der Waals surface area contributed by atoms with Gasteiger partial charge < -0.3 is 0 Å². The third-order valence-electron chi connectivity index (χ3n) is 3.49. The molecular formula is C17H17N3O2S2. The monoisotopic (exact) mass is 359 g/mol. The maximum absolute atomic E-state index is 12.2. The standard InChI is InChI=1S/C17H17N3O2S2/c21-24(22,12-8-15-5-2-1-3-6-15)19-13-17(16-7-11-23-14-16)20-10-4-9-18-20/h1-12,14,17,19H,13H2/b12-8+/t17-/m0/s1. The second-order valence-electron chi connectivity index (χ2n) is 5.17. The number of nitrogens with one attached hydrogen (secondary N) is 1. The third kappa shape index (κ3) is 4.41. The van der Waals surface area contributed by atoms with E-state index in [1.807, 2.05) is 59.4 Å². The number of hydrogen-bond acceptors (Lipinski definition) is 4. The molecule has 0 fully saturated rings. The number of thiophene rings is 1. The van der Waals surface area contributed by atoms with Gasteiger partial charge in [0.2, 0.25) is 10.0 Å². The minimum Gasteiger partial charge on any atom is -0.264 e. The van der Waals surface area contributed by atoms with Gasteiger partial charge >= 0.3 is 0 Å². The lowest BCUT2D eigenvalue weighted by Crippen LogP contribution is -2.30. The van der Waals surface area contributed by atoms with Gasteiger partial charge in [0.25, 0.3) is 0 Å². The Labute approximate surface area is 145 Å². The molecule has 2 heterocycles. The lowest BCUT2D eigenvalue weighted by Gasteiger charge is -2.16. The Hall–Kier alpha value is -2.22. The fourth-order valence-electron chi connectivity index (χ4n) is 2.27. The predicted molar refractivity (Wildman–Crippen MR) is 97.1 cm³/mol. The number of benzene rings is 1. The zero-order chi connectivity index (χ0) is 16.8. The van der Waals surface area contributed by atoms with Crippen LogP contribution in [0.25, 0.3) is 6.08 Å². The van der Waals surface area contributed by atoms with E-state index in [2.05, 4.69) is 9.82 Å². The molecule has 0 aliphatic carbocycles. The maximum Gasteiger partial charge on any atom is 0.233 e. The summed E-state index contributed by atoms with van der Waals surface area (Å²) in [5.41, 5.74) is 1.86. The van der Waals surface area contributed by atoms with Gasteiger partial charge in [0.15, 0.2) is 0 Å². The van der Waals surface area contributed by atoms with Crippen LogP contribution in [0.1, 0.15) is 17.2 Å². The molecule has 7 heteroatoms. The van der Waals surface area contributed by atoms with Gasteiger partial charge in [-0.2, -0.15) is 16.4 Å². The second-order valence-corrected chi connectivity index (χ2v) is 7.60. The molecule has 24 heavy (non-hydrogen) atoms. The summed E-state index contributed by atoms with van der Waals surface area (Å²) < 4.78 is 28.8. The Morgan fingerprint density at radius 2 is 2.04 bits per heavy atom. The lowest BCUT2D eigenvalue weighted by atomic mass is 10.1. The van der Waals surface area contributed by atoms with Gasteiger partial charge in [0.05, 0.1) is 6.04 Å². The summed E-state index contributed by atoms with van der Waals surface area (Å²) in [7, 11) is -3.53. The zero-order valence-electron chi connectivity index (χ0n) is 12.8. The number of sulfonamides is 1. The van der Waals surface area contributed by atoms with Crippen LogP contribution in [-0.2, 0) is 10.0 Å². The molecule has 2 aromatic heterocycles. The first-order valence-electron chi connectivity index (χ1n) is 7.38. The summed E-state index contributed by atoms with van der Waals surface area (Å²) in [5, 5.41) is 9.39. The highest BCUT2D eigenvalue weighted by molar-refractivity contribution is 7.92. The molecule has 0 aliphatic heterocycles. The van der Waals surface area contributed by atoms with E-state index < -0.39 is 10.0 Å². The van der Waals surface area contributed by atoms with Gasteiger partial charge in [0, 0.05) is 24.3 Å². The normalized spacial score (nSPS) is 13.3. The van der Waals surface area contributed by atoms with Crippen LogP contribution in [0.15, 0.2) is 71.0 Å². The van der Waals surface area contributed by atoms with Crippen LogP contribution >= 0.6 is 11.3 Å². The minimum atomic E-state index is -3.53. The molecule has 124 valence electrons. The highest BCUT2D eigenvalue weighted by Crippen LogP contribution is 2.20. The summed E-state index contributed by atoms with van der Waals surface area (Å²) in [5.74, 6) is 0. The quantitative estimate of drug-likeness (QED) is 0.705. The van der Waals surface area contributed by atoms with E-state index in [9.17, 15) is 8.42 Å². The summed E-state index contributed by atoms with van der Waals surface area (Å²) in [6, 6.07) is 12.9. The molecule has 0 bridgehead atoms. The fourth-order valence-corrected chi connectivity index (χ4v) is 3.80. The van der Waals surface area contributed by atoms with Crippen LogP contribution in [-0.4, -0.2) is 24.7 Å². The smallest absolute Gasteiger partial charge is 0.233 e. The van der Waals surface area contributed by atoms with Crippen molar-refractivity contribution in [3.8, 4) is 0 Å². The van der Waals surface area contributed by atoms with Crippen LogP contribution in [0.2, 0.25) is 0 Å². The molecule has 0 spiro atoms. The van der Waals surface area contributed by atoms with Crippen LogP contribution in [0.5, 0.6) is 0 Å². The Morgan fingerprint density at radius 1 is 1.21 bits per heavy atom. The highest BCUT2D eigenvalue weighted by atomic mass is 32.2. The van der Waals surface area contributed by atoms with Crippen molar-refractivity contribution >= 4 is 27.4 Å². The fraction of sp³-hybridized carbons (Fsp3) is 0.118. The van der Waals surface area contributed by atoms with E-state index in [1.165, 1.54) is 5.41 Å². The van der Waals surface area contributed by atoms with Gasteiger partial charge in [-0.25, -0.2) is 13.1 Å². The van der Waals surface area contributed by atoms with Gasteiger partial charge in [-0.15, -0.1) is 0 Å². The number of nitrogens with zero attached hydrogens (tertiary/aromatic N) is 2. The molecule has 1 aromatic carbocycles. The maximum atomic E-state index is 12.2. The molecule has 1 N–H and O–H groups in total. The molecule has 0 aliphatic rings. The first-order chi connectivity index (χ1) is 11.6. The highest BCUT2D eigenvalue weighted by Gasteiger charge is 2.17. The van der Waals surface area contributed by atoms with Crippen LogP contribution in [0.4, 0.5) is 0 Å². The number of aromatic nitrogens is 2. The van der Waals surface area contributed by atoms with Crippen LogP contribution in [0, 0.1) is 0 Å². The van der Waals surface area contributed by atoms with E-state index in [1.54, 1.807) is 28.3 Å². The third-order valence-corrected chi connectivity index (χ3v) is 5.25. The van der Waals surface area contributed by atoms with Gasteiger partial charge in [-0.3, -0.25) is 4.68 Å². The Bertz CT molecular complexity index is 837. The Morgan fingerprint density at radius 3 is 2.71 bits per heavy atom. The lowest BCUT2D eigenvalue weighted by molar-refractivity contribution is 0.509. The van der Waals surface area contributed by atoms with Crippen molar-refractivity contribution in [2.24, 2.45) is 0 Å². The average molecular weight is 359 g/mol. The number of hydrogen-bond donors (Lipinski definition) is 1. The molecule has 0 saturated heterocycles. The zero-order valence-corrected chi connectivity index (χ0v) is 14.5. The largest absolute Gasteiger partial charge is 0.264 e. The summed E-state index contributed by atoms with van der Waals surface area (Å²) in [6.45, 7) is 0.236. The molecular weight excluding hydrogens is 342 g/mol. The second kappa shape index (κ2) is 7.57. The van der Waals surface area contributed by atoms with Gasteiger partial charge in [0.1, 0.15) is 0 Å². The molecule has 0 radical (unpaired) electrons. The molecule has 0 amide bonds. The minimum absolute atomic E-state index is 0.175. The van der Waals surface area contributed by atoms with E-state index >= 15 is 0 Å². The predicted octanol–water partition coefficient (Wildman–Crippen LogP) is 3.12. The molecule has 0 saturated carbocycles. The molecule has 0 unspecified atom stereocenters. The van der Waals surface area contributed by atoms with Crippen LogP contribution < -0.4 is 4.72 Å². The van der Waals surface area contributed by atoms with Gasteiger partial charge in [-0.1, -0.05) is 30.3 Å². The molecule has 3 rings (SSSR count). The molecule has 1 atom stereocenters. The number of rotatable bonds is 7. The average Bonchev–Trinajstić information content (AvgIpc) is 3.28. The topological polar surface area (TPSA) is 64.0 Å². The van der Waals surface area contributed by atoms with Crippen molar-refractivity contribution < 1.29 is 8.42 Å². The van der Waals surface area contributed by atoms with E-state index in [0.717, 1.165) is 11.1 Å². The van der Waals surface area contributed by atoms with E-state index in [4.69, 9.17) is 0 Å². The summed E-state index contributed by atoms with van der Waals surface area (Å²) in [4.78, 5) is 0.